The van der Waals surface area contributed by atoms with Crippen LogP contribution in [0.3, 0.4) is 0 Å². The molecule has 2 saturated heterocycles. The smallest absolute Gasteiger partial charge is 0.454 e. The van der Waals surface area contributed by atoms with E-state index in [9.17, 15) is 14.4 Å². The molecular weight excluding hydrogens is 1090 g/mol. The van der Waals surface area contributed by atoms with Crippen LogP contribution in [0.1, 0.15) is 158 Å². The molecule has 1 N–H and O–H groups in total. The van der Waals surface area contributed by atoms with Crippen LogP contribution in [0.15, 0.2) is 71.8 Å². The van der Waals surface area contributed by atoms with E-state index < -0.39 is 137 Å². The van der Waals surface area contributed by atoms with Gasteiger partial charge in [-0.3, -0.25) is 14.4 Å². The molecule has 0 radical (unpaired) electrons. The zero-order valence-corrected chi connectivity index (χ0v) is 55.1. The van der Waals surface area contributed by atoms with Gasteiger partial charge in [0, 0.05) is 25.2 Å². The van der Waals surface area contributed by atoms with Crippen LogP contribution in [-0.4, -0.2) is 121 Å². The highest BCUT2D eigenvalue weighted by atomic mass is 28.4. The van der Waals surface area contributed by atoms with Gasteiger partial charge in [0.25, 0.3) is 0 Å². The molecule has 2 bridgehead atoms. The number of fused-ring (bicyclic) bond motifs is 4. The number of rotatable bonds is 24. The molecule has 2 aromatic rings. The Hall–Kier alpha value is -4.51. The molecule has 2 aliphatic heterocycles. The number of esters is 3. The Bertz CT molecular complexity index is 2670. The fourth-order valence-corrected chi connectivity index (χ4v) is 20.9. The van der Waals surface area contributed by atoms with Gasteiger partial charge in [-0.05, 0) is 104 Å². The maximum Gasteiger partial charge on any atom is 0.509 e. The minimum absolute atomic E-state index is 0.145. The van der Waals surface area contributed by atoms with Crippen LogP contribution in [0.25, 0.3) is 0 Å². The van der Waals surface area contributed by atoms with Crippen molar-refractivity contribution in [2.45, 2.75) is 250 Å². The SMILES string of the molecule is CCCCCC(=O)N[C@@H](c1ccccc1)[C@@H](O[Si](C)(C)C(C)(C)C)C(=O)O[C@@H]1C(C)=C2[C@@H](O[Si](CC)(CC)CC)C(=O)[C@@]3(C)C(C(OC(=O)c4ccccc4)[C@@]4(OC(=O)O[C@@H]14)C2(C)C)[C@]1(OC(C)=O)CO[C@@H]1C[C@@H]3O[Si](CC)(CC)CC. The van der Waals surface area contributed by atoms with Crippen molar-refractivity contribution in [1.29, 1.82) is 0 Å². The Morgan fingerprint density at radius 3 is 1.89 bits per heavy atom. The van der Waals surface area contributed by atoms with Gasteiger partial charge >= 0.3 is 24.1 Å². The van der Waals surface area contributed by atoms with Crippen molar-refractivity contribution in [1.82, 2.24) is 5.32 Å². The number of carbonyl (C=O) groups excluding carboxylic acids is 6. The molecule has 2 aromatic carbocycles. The van der Waals surface area contributed by atoms with Crippen molar-refractivity contribution in [3.05, 3.63) is 82.9 Å². The van der Waals surface area contributed by atoms with Crippen molar-refractivity contribution in [2.75, 3.05) is 6.61 Å². The number of hydrogen-bond acceptors (Lipinski definition) is 15. The number of carbonyl (C=O) groups is 6. The van der Waals surface area contributed by atoms with Gasteiger partial charge in [0.15, 0.2) is 60.8 Å². The van der Waals surface area contributed by atoms with Gasteiger partial charge in [-0.2, -0.15) is 0 Å². The lowest BCUT2D eigenvalue weighted by molar-refractivity contribution is -0.344. The molecule has 0 aromatic heterocycles. The van der Waals surface area contributed by atoms with Gasteiger partial charge < -0.3 is 47.0 Å². The molecule has 16 nitrogen and oxygen atoms in total. The lowest BCUT2D eigenvalue weighted by atomic mass is 9.44. The van der Waals surface area contributed by atoms with Gasteiger partial charge in [0.05, 0.1) is 35.6 Å². The topological polar surface area (TPSA) is 198 Å². The average Bonchev–Trinajstić information content (AvgIpc) is 3.05. The standard InChI is InChI=1S/C63H95NO15Si3/c1-18-25-28-37-46(66)64-48(42-33-29-26-30-34-42)51(78-80(16,17)59(10,11)12)57(69)72-49-40(8)47-50(79-82(22-5,23-6)24-7)53(67)61(15)44(77-81(19-2,20-3)21-4)38-45-62(39-71-45,75-41(9)65)52(61)55(73-56(68)43-35-31-27-32-36-43)63(60(47,13)14)54(49)74-58(70)76-63/h26-27,29-36,44-45,48-52,54-55H,18-25,28,37-39H2,1-17H3,(H,64,66)/t44-,45+,48-,49+,50+,51+,52?,54-,55?,61+,62-,63+/m0/s1. The Balaban J connectivity index is 1.59. The molecule has 1 amide bonds. The van der Waals surface area contributed by atoms with E-state index in [-0.39, 0.29) is 30.9 Å². The monoisotopic (exact) mass is 1190 g/mol. The van der Waals surface area contributed by atoms with Crippen LogP contribution in [0.5, 0.6) is 0 Å². The van der Waals surface area contributed by atoms with Crippen LogP contribution in [-0.2, 0) is 60.9 Å². The lowest BCUT2D eigenvalue weighted by Crippen LogP contribution is -2.84. The second-order valence-corrected chi connectivity index (χ2v) is 40.2. The molecule has 5 aliphatic rings. The molecule has 1 spiro atoms. The Morgan fingerprint density at radius 2 is 1.37 bits per heavy atom. The number of amides is 1. The molecule has 2 saturated carbocycles. The Morgan fingerprint density at radius 1 is 0.793 bits per heavy atom. The number of ether oxygens (including phenoxy) is 6. The van der Waals surface area contributed by atoms with E-state index in [1.54, 1.807) is 37.3 Å². The van der Waals surface area contributed by atoms with Crippen molar-refractivity contribution < 1.29 is 70.5 Å². The first-order chi connectivity index (χ1) is 38.5. The van der Waals surface area contributed by atoms with E-state index in [1.165, 1.54) is 6.92 Å². The van der Waals surface area contributed by atoms with Gasteiger partial charge in [0.2, 0.25) is 11.5 Å². The maximum atomic E-state index is 17.4. The van der Waals surface area contributed by atoms with E-state index in [2.05, 4.69) is 74.6 Å². The summed E-state index contributed by atoms with van der Waals surface area (Å²) >= 11 is 0. The number of benzene rings is 2. The van der Waals surface area contributed by atoms with Gasteiger partial charge in [0.1, 0.15) is 12.2 Å². The van der Waals surface area contributed by atoms with Crippen LogP contribution in [0, 0.1) is 16.7 Å². The van der Waals surface area contributed by atoms with E-state index in [4.69, 9.17) is 41.7 Å². The highest BCUT2D eigenvalue weighted by Gasteiger charge is 2.83. The van der Waals surface area contributed by atoms with Crippen molar-refractivity contribution in [3.63, 3.8) is 0 Å². The molecule has 4 fully saturated rings. The van der Waals surface area contributed by atoms with Crippen molar-refractivity contribution in [2.24, 2.45) is 16.7 Å². The van der Waals surface area contributed by atoms with E-state index in [1.807, 2.05) is 64.2 Å². The summed E-state index contributed by atoms with van der Waals surface area (Å²) in [6, 6.07) is 20.6. The van der Waals surface area contributed by atoms with Crippen molar-refractivity contribution >= 4 is 60.7 Å². The first-order valence-electron chi connectivity index (χ1n) is 30.3. The molecule has 2 unspecified atom stereocenters. The van der Waals surface area contributed by atoms with Gasteiger partial charge in [-0.1, -0.05) is 144 Å². The largest absolute Gasteiger partial charge is 0.509 e. The number of unbranched alkanes of at least 4 members (excludes halogenated alkanes) is 2. The Kier molecular flexibility index (Phi) is 19.7. The molecular formula is C63H95NO15Si3. The number of ketones is 1. The van der Waals surface area contributed by atoms with Gasteiger partial charge in [-0.15, -0.1) is 0 Å². The maximum absolute atomic E-state index is 17.4. The molecule has 2 heterocycles. The molecule has 454 valence electrons. The minimum atomic E-state index is -2.96. The third kappa shape index (κ3) is 11.4. The molecule has 19 heteroatoms. The highest BCUT2D eigenvalue weighted by Crippen LogP contribution is 2.68. The number of Topliss-reactive ketones (excluding diaryl/α,β-unsaturated/α-hetero) is 1. The number of hydrogen-bond donors (Lipinski definition) is 1. The van der Waals surface area contributed by atoms with Crippen LogP contribution >= 0.6 is 0 Å². The first kappa shape index (κ1) is 65.0. The summed E-state index contributed by atoms with van der Waals surface area (Å²) in [7, 11) is -8.52. The summed E-state index contributed by atoms with van der Waals surface area (Å²) in [6.07, 6.45) is -7.94. The normalized spacial score (nSPS) is 29.5. The van der Waals surface area contributed by atoms with Crippen LogP contribution in [0.2, 0.25) is 54.4 Å². The minimum Gasteiger partial charge on any atom is -0.454 e. The summed E-state index contributed by atoms with van der Waals surface area (Å²) in [5, 5.41) is 2.74. The third-order valence-corrected chi connectivity index (χ3v) is 34.2. The fourth-order valence-electron chi connectivity index (χ4n) is 14.0. The zero-order chi connectivity index (χ0) is 60.6. The summed E-state index contributed by atoms with van der Waals surface area (Å²) in [4.78, 5) is 91.8. The molecule has 7 rings (SSSR count). The van der Waals surface area contributed by atoms with Gasteiger partial charge in [-0.25, -0.2) is 14.4 Å². The molecule has 82 heavy (non-hydrogen) atoms. The average molecular weight is 1190 g/mol. The third-order valence-electron chi connectivity index (χ3n) is 20.4. The Labute approximate surface area is 490 Å². The predicted molar refractivity (Wildman–Crippen MR) is 319 cm³/mol. The fraction of sp³-hybridized carbons (Fsp3) is 0.683. The van der Waals surface area contributed by atoms with E-state index in [0.717, 1.165) is 31.0 Å². The first-order valence-corrected chi connectivity index (χ1v) is 38.3. The van der Waals surface area contributed by atoms with Crippen LogP contribution < -0.4 is 5.32 Å². The second-order valence-electron chi connectivity index (χ2n) is 26.0. The summed E-state index contributed by atoms with van der Waals surface area (Å²) in [6.45, 7) is 33.2. The van der Waals surface area contributed by atoms with Crippen molar-refractivity contribution in [3.8, 4) is 0 Å². The second kappa shape index (κ2) is 24.8. The highest BCUT2D eigenvalue weighted by molar-refractivity contribution is 6.74. The van der Waals surface area contributed by atoms with E-state index in [0.29, 0.717) is 41.3 Å². The summed E-state index contributed by atoms with van der Waals surface area (Å²) in [5.74, 6) is -4.42. The number of nitrogens with one attached hydrogen (secondary N) is 1. The molecule has 3 aliphatic carbocycles. The van der Waals surface area contributed by atoms with E-state index >= 15 is 14.4 Å². The van der Waals surface area contributed by atoms with Crippen LogP contribution in [0.4, 0.5) is 4.79 Å². The zero-order valence-electron chi connectivity index (χ0n) is 52.1. The lowest BCUT2D eigenvalue weighted by Gasteiger charge is -2.68. The molecule has 12 atom stereocenters. The quantitative estimate of drug-likeness (QED) is 0.0342. The summed E-state index contributed by atoms with van der Waals surface area (Å²) in [5.41, 5.74) is -5.69. The summed E-state index contributed by atoms with van der Waals surface area (Å²) < 4.78 is 63.2. The predicted octanol–water partition coefficient (Wildman–Crippen LogP) is 12.7.